The highest BCUT2D eigenvalue weighted by Crippen LogP contribution is 2.36. The van der Waals surface area contributed by atoms with Gasteiger partial charge in [-0.05, 0) is 36.4 Å². The molecule has 0 bridgehead atoms. The van der Waals surface area contributed by atoms with E-state index in [4.69, 9.17) is 18.9 Å². The molecule has 37 heavy (non-hydrogen) atoms. The topological polar surface area (TPSA) is 125 Å². The minimum Gasteiger partial charge on any atom is -0.459 e. The molecule has 9 heteroatoms. The van der Waals surface area contributed by atoms with Crippen molar-refractivity contribution >= 4 is 23.7 Å². The Morgan fingerprint density at radius 2 is 1.16 bits per heavy atom. The van der Waals surface area contributed by atoms with Crippen LogP contribution in [0.5, 0.6) is 0 Å². The molecule has 1 heterocycles. The first kappa shape index (κ1) is 25.7. The molecule has 0 aromatic heterocycles. The third kappa shape index (κ3) is 5.74. The van der Waals surface area contributed by atoms with E-state index < -0.39 is 54.4 Å². The molecule has 3 aromatic rings. The van der Waals surface area contributed by atoms with Gasteiger partial charge in [0.15, 0.2) is 11.9 Å². The van der Waals surface area contributed by atoms with E-state index in [1.165, 1.54) is 24.3 Å². The van der Waals surface area contributed by atoms with E-state index in [0.717, 1.165) is 6.92 Å². The molecule has 4 rings (SSSR count). The van der Waals surface area contributed by atoms with Crippen LogP contribution in [0.1, 0.15) is 38.0 Å². The first-order valence-electron chi connectivity index (χ1n) is 11.4. The zero-order valence-corrected chi connectivity index (χ0v) is 19.8. The van der Waals surface area contributed by atoms with E-state index in [2.05, 4.69) is 0 Å². The number of benzene rings is 3. The summed E-state index contributed by atoms with van der Waals surface area (Å²) in [6, 6.07) is 24.0. The summed E-state index contributed by atoms with van der Waals surface area (Å²) in [4.78, 5) is 50.7. The predicted molar refractivity (Wildman–Crippen MR) is 129 cm³/mol. The van der Waals surface area contributed by atoms with Crippen LogP contribution in [0.25, 0.3) is 0 Å². The molecular weight excluding hydrogens is 480 g/mol. The Hall–Kier alpha value is -4.34. The summed E-state index contributed by atoms with van der Waals surface area (Å²) >= 11 is 0. The maximum atomic E-state index is 12.9. The van der Waals surface area contributed by atoms with E-state index in [1.807, 2.05) is 0 Å². The van der Waals surface area contributed by atoms with E-state index in [-0.39, 0.29) is 16.7 Å². The Kier molecular flexibility index (Phi) is 7.76. The van der Waals surface area contributed by atoms with E-state index in [9.17, 15) is 24.3 Å². The van der Waals surface area contributed by atoms with Crippen molar-refractivity contribution in [2.45, 2.75) is 31.0 Å². The van der Waals surface area contributed by atoms with Crippen molar-refractivity contribution in [2.24, 2.45) is 0 Å². The molecule has 1 aliphatic heterocycles. The first-order chi connectivity index (χ1) is 17.8. The molecule has 1 N–H and O–H groups in total. The van der Waals surface area contributed by atoms with Crippen LogP contribution in [0.2, 0.25) is 0 Å². The van der Waals surface area contributed by atoms with Crippen molar-refractivity contribution in [3.8, 4) is 0 Å². The molecule has 0 amide bonds. The van der Waals surface area contributed by atoms with Crippen LogP contribution in [0.4, 0.5) is 0 Å². The second-order valence-corrected chi connectivity index (χ2v) is 8.30. The molecule has 0 saturated carbocycles. The Balaban J connectivity index is 1.63. The molecular formula is C28H24O9. The van der Waals surface area contributed by atoms with Crippen LogP contribution < -0.4 is 0 Å². The van der Waals surface area contributed by atoms with Gasteiger partial charge in [-0.25, -0.2) is 14.4 Å². The van der Waals surface area contributed by atoms with Crippen LogP contribution in [-0.4, -0.2) is 59.5 Å². The average molecular weight is 504 g/mol. The number of ketones is 1. The lowest BCUT2D eigenvalue weighted by Gasteiger charge is -2.27. The lowest BCUT2D eigenvalue weighted by atomic mass is 10.0. The summed E-state index contributed by atoms with van der Waals surface area (Å²) in [5, 5.41) is 11.1. The summed E-state index contributed by atoms with van der Waals surface area (Å²) in [6.07, 6.45) is -4.56. The Morgan fingerprint density at radius 3 is 1.62 bits per heavy atom. The number of aliphatic hydroxyl groups is 1. The van der Waals surface area contributed by atoms with Gasteiger partial charge in [0.25, 0.3) is 5.79 Å². The van der Waals surface area contributed by atoms with Crippen molar-refractivity contribution in [3.63, 3.8) is 0 Å². The number of ether oxygens (including phenoxy) is 4. The van der Waals surface area contributed by atoms with Crippen LogP contribution in [0.15, 0.2) is 91.0 Å². The minimum absolute atomic E-state index is 0.139. The fraction of sp³-hybridized carbons (Fsp3) is 0.214. The van der Waals surface area contributed by atoms with Gasteiger partial charge in [0.05, 0.1) is 16.7 Å². The van der Waals surface area contributed by atoms with Gasteiger partial charge in [-0.2, -0.15) is 0 Å². The van der Waals surface area contributed by atoms with E-state index >= 15 is 0 Å². The monoisotopic (exact) mass is 504 g/mol. The van der Waals surface area contributed by atoms with Crippen molar-refractivity contribution in [1.82, 2.24) is 0 Å². The Labute approximate surface area is 212 Å². The molecule has 1 aliphatic rings. The molecule has 0 radical (unpaired) electrons. The number of Topliss-reactive ketones (excluding diaryl/α,β-unsaturated/α-hetero) is 1. The number of esters is 3. The quantitative estimate of drug-likeness (QED) is 0.364. The summed E-state index contributed by atoms with van der Waals surface area (Å²) in [7, 11) is 0. The summed E-state index contributed by atoms with van der Waals surface area (Å²) < 4.78 is 22.0. The third-order valence-electron chi connectivity index (χ3n) is 5.77. The number of hydrogen-bond acceptors (Lipinski definition) is 9. The molecule has 1 saturated heterocycles. The highest BCUT2D eigenvalue weighted by Gasteiger charge is 2.62. The normalized spacial score (nSPS) is 22.6. The molecule has 1 fully saturated rings. The fourth-order valence-corrected chi connectivity index (χ4v) is 3.82. The molecule has 0 spiro atoms. The Bertz CT molecular complexity index is 1260. The van der Waals surface area contributed by atoms with Gasteiger partial charge in [-0.3, -0.25) is 4.79 Å². The fourth-order valence-electron chi connectivity index (χ4n) is 3.82. The van der Waals surface area contributed by atoms with E-state index in [1.54, 1.807) is 66.7 Å². The van der Waals surface area contributed by atoms with Crippen molar-refractivity contribution < 1.29 is 43.2 Å². The second-order valence-electron chi connectivity index (χ2n) is 8.30. The number of carbonyl (C=O) groups is 4. The van der Waals surface area contributed by atoms with Crippen molar-refractivity contribution in [3.05, 3.63) is 108 Å². The smallest absolute Gasteiger partial charge is 0.338 e. The zero-order valence-electron chi connectivity index (χ0n) is 19.8. The summed E-state index contributed by atoms with van der Waals surface area (Å²) in [5.74, 6) is -5.95. The summed E-state index contributed by atoms with van der Waals surface area (Å²) in [5.41, 5.74) is 0.571. The highest BCUT2D eigenvalue weighted by molar-refractivity contribution is 5.92. The van der Waals surface area contributed by atoms with E-state index in [0.29, 0.717) is 0 Å². The largest absolute Gasteiger partial charge is 0.459 e. The van der Waals surface area contributed by atoms with Crippen LogP contribution in [-0.2, 0) is 23.7 Å². The maximum absolute atomic E-state index is 12.9. The number of carbonyl (C=O) groups excluding carboxylic acids is 4. The van der Waals surface area contributed by atoms with Gasteiger partial charge in [0.2, 0.25) is 6.10 Å². The number of hydrogen-bond donors (Lipinski definition) is 1. The third-order valence-corrected chi connectivity index (χ3v) is 5.77. The average Bonchev–Trinajstić information content (AvgIpc) is 3.20. The summed E-state index contributed by atoms with van der Waals surface area (Å²) in [6.45, 7) is 0.535. The lowest BCUT2D eigenvalue weighted by Crippen LogP contribution is -2.52. The van der Waals surface area contributed by atoms with Gasteiger partial charge < -0.3 is 24.1 Å². The second kappa shape index (κ2) is 11.2. The van der Waals surface area contributed by atoms with Gasteiger partial charge >= 0.3 is 17.9 Å². The van der Waals surface area contributed by atoms with Crippen LogP contribution in [0.3, 0.4) is 0 Å². The van der Waals surface area contributed by atoms with Crippen molar-refractivity contribution in [2.75, 3.05) is 6.61 Å². The molecule has 190 valence electrons. The van der Waals surface area contributed by atoms with Crippen molar-refractivity contribution in [1.29, 1.82) is 0 Å². The van der Waals surface area contributed by atoms with Gasteiger partial charge in [-0.1, -0.05) is 54.6 Å². The molecule has 3 aromatic carbocycles. The first-order valence-corrected chi connectivity index (χ1v) is 11.4. The molecule has 4 atom stereocenters. The highest BCUT2D eigenvalue weighted by atomic mass is 16.7. The van der Waals surface area contributed by atoms with Gasteiger partial charge in [0.1, 0.15) is 12.7 Å². The molecule has 9 nitrogen and oxygen atoms in total. The van der Waals surface area contributed by atoms with Gasteiger partial charge in [-0.15, -0.1) is 0 Å². The maximum Gasteiger partial charge on any atom is 0.338 e. The zero-order chi connectivity index (χ0) is 26.4. The molecule has 0 aliphatic carbocycles. The van der Waals surface area contributed by atoms with Gasteiger partial charge in [0, 0.05) is 6.92 Å². The van der Waals surface area contributed by atoms with Crippen LogP contribution in [0, 0.1) is 0 Å². The standard InChI is InChI=1S/C28H24O9/c1-18(29)28(33)24(36-27(32)21-15-9-4-10-16-21)23(35-26(31)20-13-7-3-8-14-20)22(37-28)17-34-25(30)19-11-5-2-6-12-19/h2-16,22-24,33H,17H2,1H3/t22-,23-,24-,28+/m1/s1. The predicted octanol–water partition coefficient (Wildman–Crippen LogP) is 2.97. The SMILES string of the molecule is CC(=O)[C@]1(O)O[C@H](COC(=O)c2ccccc2)[C@@H](OC(=O)c2ccccc2)[C@H]1OC(=O)c1ccccc1. The lowest BCUT2D eigenvalue weighted by molar-refractivity contribution is -0.222. The molecule has 0 unspecified atom stereocenters. The number of rotatable bonds is 8. The van der Waals surface area contributed by atoms with Crippen LogP contribution >= 0.6 is 0 Å². The Morgan fingerprint density at radius 1 is 0.730 bits per heavy atom. The minimum atomic E-state index is -2.66.